The number of nitrogens with one attached hydrogen (secondary N) is 2. The van der Waals surface area contributed by atoms with Crippen LogP contribution in [0.3, 0.4) is 0 Å². The Morgan fingerprint density at radius 1 is 1.19 bits per heavy atom. The number of urea groups is 1. The zero-order chi connectivity index (χ0) is 24.8. The van der Waals surface area contributed by atoms with Crippen LogP contribution in [0.1, 0.15) is 36.4 Å². The number of pyridine rings is 2. The number of hydrogen-bond donors (Lipinski definition) is 3. The largest absolute Gasteiger partial charge is 0.439 e. The lowest BCUT2D eigenvalue weighted by atomic mass is 9.99. The zero-order valence-corrected chi connectivity index (χ0v) is 20.5. The van der Waals surface area contributed by atoms with Gasteiger partial charge in [-0.05, 0) is 49.9 Å². The maximum Gasteiger partial charge on any atom is 0.327 e. The van der Waals surface area contributed by atoms with E-state index >= 15 is 0 Å². The Balaban J connectivity index is 1.27. The monoisotopic (exact) mass is 502 g/mol. The van der Waals surface area contributed by atoms with Crippen LogP contribution in [-0.2, 0) is 4.79 Å². The maximum atomic E-state index is 13.4. The van der Waals surface area contributed by atoms with Crippen molar-refractivity contribution in [2.45, 2.75) is 54.6 Å². The number of para-hydroxylation sites is 1. The number of aromatic nitrogens is 2. The van der Waals surface area contributed by atoms with Crippen molar-refractivity contribution in [2.75, 3.05) is 4.90 Å². The van der Waals surface area contributed by atoms with E-state index in [4.69, 9.17) is 10.5 Å². The van der Waals surface area contributed by atoms with Crippen molar-refractivity contribution < 1.29 is 14.3 Å². The Hall–Kier alpha value is -3.63. The molecule has 0 radical (unpaired) electrons. The Bertz CT molecular complexity index is 1340. The highest BCUT2D eigenvalue weighted by molar-refractivity contribution is 8.01. The van der Waals surface area contributed by atoms with Gasteiger partial charge in [0.15, 0.2) is 0 Å². The summed E-state index contributed by atoms with van der Waals surface area (Å²) >= 11 is 1.39. The van der Waals surface area contributed by atoms with Crippen molar-refractivity contribution in [1.82, 2.24) is 20.6 Å². The molecule has 36 heavy (non-hydrogen) atoms. The summed E-state index contributed by atoms with van der Waals surface area (Å²) < 4.78 is 5.85. The lowest BCUT2D eigenvalue weighted by Crippen LogP contribution is -2.50. The average molecular weight is 503 g/mol. The van der Waals surface area contributed by atoms with Crippen LogP contribution in [-0.4, -0.2) is 39.2 Å². The minimum Gasteiger partial charge on any atom is -0.439 e. The van der Waals surface area contributed by atoms with Crippen molar-refractivity contribution in [3.05, 3.63) is 66.0 Å². The average Bonchev–Trinajstić information content (AvgIpc) is 3.44. The van der Waals surface area contributed by atoms with Gasteiger partial charge in [0.1, 0.15) is 16.0 Å². The quantitative estimate of drug-likeness (QED) is 0.483. The highest BCUT2D eigenvalue weighted by Gasteiger charge is 2.47. The van der Waals surface area contributed by atoms with Gasteiger partial charge in [0.2, 0.25) is 11.8 Å². The molecule has 1 aliphatic carbocycles. The molecule has 6 rings (SSSR count). The van der Waals surface area contributed by atoms with Crippen LogP contribution in [0.25, 0.3) is 0 Å². The number of rotatable bonds is 5. The summed E-state index contributed by atoms with van der Waals surface area (Å²) in [5, 5.41) is 6.44. The van der Waals surface area contributed by atoms with E-state index < -0.39 is 11.3 Å². The molecule has 0 saturated heterocycles. The van der Waals surface area contributed by atoms with Crippen molar-refractivity contribution in [3.8, 4) is 11.6 Å². The smallest absolute Gasteiger partial charge is 0.327 e. The minimum atomic E-state index is -0.488. The number of benzene rings is 1. The van der Waals surface area contributed by atoms with Crippen molar-refractivity contribution in [3.63, 3.8) is 0 Å². The first-order valence-electron chi connectivity index (χ1n) is 12.0. The van der Waals surface area contributed by atoms with Gasteiger partial charge in [-0.3, -0.25) is 9.69 Å². The van der Waals surface area contributed by atoms with Crippen LogP contribution < -0.4 is 26.0 Å². The molecule has 4 heterocycles. The first-order chi connectivity index (χ1) is 17.5. The summed E-state index contributed by atoms with van der Waals surface area (Å²) in [7, 11) is 0. The summed E-state index contributed by atoms with van der Waals surface area (Å²) in [6.07, 6.45) is 5.88. The van der Waals surface area contributed by atoms with E-state index in [0.29, 0.717) is 23.0 Å². The van der Waals surface area contributed by atoms with Gasteiger partial charge >= 0.3 is 6.03 Å². The fraction of sp³-hybridized carbons (Fsp3) is 0.308. The Labute approximate surface area is 212 Å². The second kappa shape index (κ2) is 9.11. The summed E-state index contributed by atoms with van der Waals surface area (Å²) in [6, 6.07) is 12.5. The highest BCUT2D eigenvalue weighted by atomic mass is 32.2. The van der Waals surface area contributed by atoms with Gasteiger partial charge in [-0.25, -0.2) is 14.8 Å². The van der Waals surface area contributed by atoms with E-state index in [-0.39, 0.29) is 24.0 Å². The number of ether oxygens (including phenoxy) is 1. The van der Waals surface area contributed by atoms with Crippen molar-refractivity contribution in [1.29, 1.82) is 0 Å². The number of aryl methyl sites for hydroxylation is 1. The fourth-order valence-electron chi connectivity index (χ4n) is 5.12. The molecule has 10 heteroatoms. The molecule has 3 aliphatic rings. The number of carbonyl (C=O) groups excluding carboxylic acids is 2. The molecular formula is C26H26N6O3S. The van der Waals surface area contributed by atoms with E-state index in [1.807, 2.05) is 43.3 Å². The maximum absolute atomic E-state index is 13.4. The number of anilines is 2. The number of hydrogen-bond acceptors (Lipinski definition) is 7. The summed E-state index contributed by atoms with van der Waals surface area (Å²) in [6.45, 7) is 1.91. The van der Waals surface area contributed by atoms with Crippen molar-refractivity contribution >= 4 is 35.1 Å². The number of amides is 3. The third kappa shape index (κ3) is 4.06. The van der Waals surface area contributed by atoms with Crippen LogP contribution in [0, 0.1) is 6.92 Å². The predicted molar refractivity (Wildman–Crippen MR) is 137 cm³/mol. The molecular weight excluding hydrogens is 476 g/mol. The molecule has 0 spiro atoms. The summed E-state index contributed by atoms with van der Waals surface area (Å²) in [5.41, 5.74) is 9.04. The van der Waals surface area contributed by atoms with E-state index in [2.05, 4.69) is 20.6 Å². The van der Waals surface area contributed by atoms with E-state index in [0.717, 1.165) is 35.4 Å². The minimum absolute atomic E-state index is 0.0744. The van der Waals surface area contributed by atoms with E-state index in [1.165, 1.54) is 11.8 Å². The van der Waals surface area contributed by atoms with Crippen LogP contribution in [0.15, 0.2) is 59.9 Å². The van der Waals surface area contributed by atoms with Gasteiger partial charge in [0.05, 0.1) is 23.6 Å². The third-order valence-electron chi connectivity index (χ3n) is 6.85. The van der Waals surface area contributed by atoms with Gasteiger partial charge < -0.3 is 21.1 Å². The summed E-state index contributed by atoms with van der Waals surface area (Å²) in [5.74, 6) is 1.03. The van der Waals surface area contributed by atoms with Crippen LogP contribution in [0.4, 0.5) is 16.2 Å². The molecule has 1 saturated carbocycles. The number of carbonyl (C=O) groups is 2. The highest BCUT2D eigenvalue weighted by Crippen LogP contribution is 2.51. The van der Waals surface area contributed by atoms with Gasteiger partial charge in [0.25, 0.3) is 0 Å². The lowest BCUT2D eigenvalue weighted by Gasteiger charge is -2.34. The number of thioether (sulfide) groups is 1. The molecule has 1 aromatic carbocycles. The van der Waals surface area contributed by atoms with Crippen LogP contribution in [0.2, 0.25) is 0 Å². The molecule has 2 aliphatic heterocycles. The summed E-state index contributed by atoms with van der Waals surface area (Å²) in [4.78, 5) is 37.2. The van der Waals surface area contributed by atoms with E-state index in [9.17, 15) is 9.59 Å². The number of nitrogens with zero attached hydrogens (tertiary/aromatic N) is 3. The second-order valence-corrected chi connectivity index (χ2v) is 10.5. The molecule has 2 aromatic heterocycles. The molecule has 3 amide bonds. The Morgan fingerprint density at radius 2 is 2.03 bits per heavy atom. The Kier molecular flexibility index (Phi) is 5.77. The SMILES string of the molecule is Cc1cc(Oc2ccccc2)ncc1N1C(=O)NC2c3c1ccnc3SC2C(=O)NC1CCC(N)C1. The molecule has 1 fully saturated rings. The molecule has 0 bridgehead atoms. The first kappa shape index (κ1) is 22.8. The number of nitrogens with two attached hydrogens (primary N) is 1. The fourth-order valence-corrected chi connectivity index (χ4v) is 6.35. The van der Waals surface area contributed by atoms with Gasteiger partial charge in [-0.2, -0.15) is 0 Å². The van der Waals surface area contributed by atoms with Crippen LogP contribution in [0.5, 0.6) is 11.6 Å². The molecule has 9 nitrogen and oxygen atoms in total. The van der Waals surface area contributed by atoms with Gasteiger partial charge in [-0.1, -0.05) is 30.0 Å². The van der Waals surface area contributed by atoms with Gasteiger partial charge in [-0.15, -0.1) is 0 Å². The zero-order valence-electron chi connectivity index (χ0n) is 19.7. The Morgan fingerprint density at radius 3 is 2.78 bits per heavy atom. The topological polar surface area (TPSA) is 122 Å². The standard InChI is InChI=1S/C26H26N6O3S/c1-14-11-20(35-17-5-3-2-4-6-17)29-13-19(14)32-18-9-10-28-25-21(18)22(31-26(32)34)23(36-25)24(33)30-16-8-7-15(27)12-16/h2-6,9-11,13,15-16,22-23H,7-8,12,27H2,1H3,(H,30,33)(H,31,34). The second-order valence-electron chi connectivity index (χ2n) is 9.35. The molecule has 3 aromatic rings. The lowest BCUT2D eigenvalue weighted by molar-refractivity contribution is -0.121. The van der Waals surface area contributed by atoms with Crippen molar-refractivity contribution in [2.24, 2.45) is 5.73 Å². The normalized spacial score (nSPS) is 24.3. The van der Waals surface area contributed by atoms with Gasteiger partial charge in [0, 0.05) is 29.9 Å². The van der Waals surface area contributed by atoms with Crippen LogP contribution >= 0.6 is 11.8 Å². The molecule has 4 atom stereocenters. The third-order valence-corrected chi connectivity index (χ3v) is 8.14. The molecule has 184 valence electrons. The van der Waals surface area contributed by atoms with E-state index in [1.54, 1.807) is 23.4 Å². The predicted octanol–water partition coefficient (Wildman–Crippen LogP) is 3.95. The molecule has 4 unspecified atom stereocenters. The first-order valence-corrected chi connectivity index (χ1v) is 12.9. The molecule has 4 N–H and O–H groups in total.